The number of rotatable bonds is 2. The molecule has 0 rings (SSSR count). The Balaban J connectivity index is 4.01. The predicted octanol–water partition coefficient (Wildman–Crippen LogP) is 1.23. The van der Waals surface area contributed by atoms with Crippen molar-refractivity contribution in [2.45, 2.75) is 38.8 Å². The van der Waals surface area contributed by atoms with E-state index in [1.807, 2.05) is 27.7 Å². The molecule has 0 amide bonds. The van der Waals surface area contributed by atoms with Crippen LogP contribution in [0.1, 0.15) is 27.7 Å². The minimum atomic E-state index is -2.86. The first-order valence-electron chi connectivity index (χ1n) is 3.33. The van der Waals surface area contributed by atoms with Gasteiger partial charge in [-0.05, 0) is 11.1 Å². The Hall–Kier alpha value is 0.137. The van der Waals surface area contributed by atoms with Gasteiger partial charge in [-0.1, -0.05) is 27.7 Å². The van der Waals surface area contributed by atoms with E-state index in [1.54, 1.807) is 0 Å². The molecule has 0 aliphatic rings. The van der Waals surface area contributed by atoms with Gasteiger partial charge in [-0.15, -0.1) is 0 Å². The molecular formula is C6H16O2Si. The fourth-order valence-electron chi connectivity index (χ4n) is 0.667. The third-order valence-electron chi connectivity index (χ3n) is 1.70. The van der Waals surface area contributed by atoms with Gasteiger partial charge in [0.1, 0.15) is 0 Å². The first-order chi connectivity index (χ1) is 3.89. The van der Waals surface area contributed by atoms with Crippen LogP contribution in [-0.2, 0) is 0 Å². The van der Waals surface area contributed by atoms with Crippen LogP contribution in [0.4, 0.5) is 0 Å². The van der Waals surface area contributed by atoms with Gasteiger partial charge in [0.05, 0.1) is 0 Å². The SMILES string of the molecule is CC(C)[Si](O)(O)C(C)C. The maximum Gasteiger partial charge on any atom is 0.338 e. The lowest BCUT2D eigenvalue weighted by Gasteiger charge is -2.25. The maximum atomic E-state index is 9.36. The average molecular weight is 148 g/mol. The minimum Gasteiger partial charge on any atom is -0.410 e. The fourth-order valence-corrected chi connectivity index (χ4v) is 2.00. The van der Waals surface area contributed by atoms with Crippen LogP contribution in [0.15, 0.2) is 0 Å². The van der Waals surface area contributed by atoms with E-state index in [-0.39, 0.29) is 11.1 Å². The van der Waals surface area contributed by atoms with Gasteiger partial charge in [-0.3, -0.25) is 0 Å². The summed E-state index contributed by atoms with van der Waals surface area (Å²) >= 11 is 0. The average Bonchev–Trinajstić information content (AvgIpc) is 1.65. The highest BCUT2D eigenvalue weighted by molar-refractivity contribution is 6.67. The second-order valence-corrected chi connectivity index (χ2v) is 6.97. The summed E-state index contributed by atoms with van der Waals surface area (Å²) < 4.78 is 0. The zero-order valence-electron chi connectivity index (χ0n) is 6.55. The zero-order chi connectivity index (χ0) is 7.65. The van der Waals surface area contributed by atoms with Crippen LogP contribution >= 0.6 is 0 Å². The van der Waals surface area contributed by atoms with Crippen LogP contribution < -0.4 is 0 Å². The van der Waals surface area contributed by atoms with E-state index in [1.165, 1.54) is 0 Å². The van der Waals surface area contributed by atoms with Crippen molar-refractivity contribution >= 4 is 8.56 Å². The standard InChI is InChI=1S/C6H16O2Si/c1-5(2)9(7,8)6(3)4/h5-8H,1-4H3. The highest BCUT2D eigenvalue weighted by Crippen LogP contribution is 2.25. The van der Waals surface area contributed by atoms with Gasteiger partial charge in [0.15, 0.2) is 0 Å². The van der Waals surface area contributed by atoms with Crippen LogP contribution in [-0.4, -0.2) is 18.2 Å². The van der Waals surface area contributed by atoms with Gasteiger partial charge in [0.2, 0.25) is 0 Å². The summed E-state index contributed by atoms with van der Waals surface area (Å²) in [6, 6.07) is 0. The predicted molar refractivity (Wildman–Crippen MR) is 40.4 cm³/mol. The summed E-state index contributed by atoms with van der Waals surface area (Å²) in [7, 11) is -2.86. The molecule has 0 atom stereocenters. The molecular weight excluding hydrogens is 132 g/mol. The Labute approximate surface area is 57.8 Å². The van der Waals surface area contributed by atoms with Crippen molar-refractivity contribution in [3.8, 4) is 0 Å². The fraction of sp³-hybridized carbons (Fsp3) is 1.00. The zero-order valence-corrected chi connectivity index (χ0v) is 7.55. The van der Waals surface area contributed by atoms with Crippen LogP contribution in [0.2, 0.25) is 11.1 Å². The molecule has 0 unspecified atom stereocenters. The molecule has 3 heteroatoms. The summed E-state index contributed by atoms with van der Waals surface area (Å²) in [5, 5.41) is 0. The van der Waals surface area contributed by atoms with Crippen LogP contribution in [0.3, 0.4) is 0 Å². The van der Waals surface area contributed by atoms with E-state index in [2.05, 4.69) is 0 Å². The molecule has 0 spiro atoms. The van der Waals surface area contributed by atoms with Gasteiger partial charge < -0.3 is 9.59 Å². The van der Waals surface area contributed by atoms with Crippen molar-refractivity contribution in [2.24, 2.45) is 0 Å². The number of hydrogen-bond acceptors (Lipinski definition) is 2. The summed E-state index contributed by atoms with van der Waals surface area (Å²) in [5.74, 6) is 0. The second kappa shape index (κ2) is 2.81. The monoisotopic (exact) mass is 148 g/mol. The molecule has 0 fully saturated rings. The highest BCUT2D eigenvalue weighted by Gasteiger charge is 2.36. The molecule has 0 radical (unpaired) electrons. The van der Waals surface area contributed by atoms with Crippen molar-refractivity contribution in [3.63, 3.8) is 0 Å². The van der Waals surface area contributed by atoms with E-state index >= 15 is 0 Å². The lowest BCUT2D eigenvalue weighted by Crippen LogP contribution is -2.41. The van der Waals surface area contributed by atoms with Crippen molar-refractivity contribution < 1.29 is 9.59 Å². The Morgan fingerprint density at radius 2 is 1.11 bits per heavy atom. The molecule has 0 aromatic rings. The normalized spacial score (nSPS) is 13.3. The topological polar surface area (TPSA) is 40.5 Å². The minimum absolute atomic E-state index is 0.0394. The van der Waals surface area contributed by atoms with Gasteiger partial charge in [-0.25, -0.2) is 0 Å². The van der Waals surface area contributed by atoms with Crippen molar-refractivity contribution in [2.75, 3.05) is 0 Å². The van der Waals surface area contributed by atoms with Gasteiger partial charge >= 0.3 is 8.56 Å². The van der Waals surface area contributed by atoms with E-state index in [0.29, 0.717) is 0 Å². The van der Waals surface area contributed by atoms with Crippen LogP contribution in [0, 0.1) is 0 Å². The van der Waals surface area contributed by atoms with Crippen LogP contribution in [0.5, 0.6) is 0 Å². The molecule has 2 N–H and O–H groups in total. The Morgan fingerprint density at radius 1 is 0.889 bits per heavy atom. The number of hydrogen-bond donors (Lipinski definition) is 2. The summed E-state index contributed by atoms with van der Waals surface area (Å²) in [6.07, 6.45) is 0. The summed E-state index contributed by atoms with van der Waals surface area (Å²) in [5.41, 5.74) is 0.0787. The smallest absolute Gasteiger partial charge is 0.338 e. The molecule has 0 aliphatic carbocycles. The van der Waals surface area contributed by atoms with Crippen molar-refractivity contribution in [1.82, 2.24) is 0 Å². The van der Waals surface area contributed by atoms with E-state index in [0.717, 1.165) is 0 Å². The third-order valence-corrected chi connectivity index (χ3v) is 5.10. The van der Waals surface area contributed by atoms with E-state index in [9.17, 15) is 9.59 Å². The molecule has 0 saturated carbocycles. The maximum absolute atomic E-state index is 9.36. The molecule has 0 aromatic heterocycles. The van der Waals surface area contributed by atoms with Crippen molar-refractivity contribution in [3.05, 3.63) is 0 Å². The lowest BCUT2D eigenvalue weighted by atomic mass is 10.5. The summed E-state index contributed by atoms with van der Waals surface area (Å²) in [6.45, 7) is 7.41. The van der Waals surface area contributed by atoms with E-state index < -0.39 is 8.56 Å². The molecule has 0 aromatic carbocycles. The Bertz CT molecular complexity index is 79.1. The van der Waals surface area contributed by atoms with Gasteiger partial charge in [-0.2, -0.15) is 0 Å². The summed E-state index contributed by atoms with van der Waals surface area (Å²) in [4.78, 5) is 18.7. The molecule has 2 nitrogen and oxygen atoms in total. The quantitative estimate of drug-likeness (QED) is 0.578. The molecule has 0 bridgehead atoms. The molecule has 0 heterocycles. The highest BCUT2D eigenvalue weighted by atomic mass is 28.4. The molecule has 56 valence electrons. The van der Waals surface area contributed by atoms with E-state index in [4.69, 9.17) is 0 Å². The molecule has 0 saturated heterocycles. The third kappa shape index (κ3) is 2.08. The Morgan fingerprint density at radius 3 is 1.11 bits per heavy atom. The van der Waals surface area contributed by atoms with Gasteiger partial charge in [0.25, 0.3) is 0 Å². The largest absolute Gasteiger partial charge is 0.410 e. The van der Waals surface area contributed by atoms with Crippen LogP contribution in [0.25, 0.3) is 0 Å². The lowest BCUT2D eigenvalue weighted by molar-refractivity contribution is 0.330. The molecule has 9 heavy (non-hydrogen) atoms. The van der Waals surface area contributed by atoms with Crippen molar-refractivity contribution in [1.29, 1.82) is 0 Å². The second-order valence-electron chi connectivity index (χ2n) is 3.09. The molecule has 0 aliphatic heterocycles. The van der Waals surface area contributed by atoms with Gasteiger partial charge in [0, 0.05) is 0 Å². The first kappa shape index (κ1) is 9.14. The first-order valence-corrected chi connectivity index (χ1v) is 5.38. The Kier molecular flexibility index (Phi) is 2.86.